The zero-order valence-corrected chi connectivity index (χ0v) is 21.0. The Morgan fingerprint density at radius 1 is 1.28 bits per heavy atom. The molecule has 1 aliphatic rings. The normalized spacial score (nSPS) is 16.8. The number of alkyl halides is 3. The molecule has 1 unspecified atom stereocenters. The molecule has 0 heterocycles. The minimum absolute atomic E-state index is 0. The van der Waals surface area contributed by atoms with Crippen LogP contribution >= 0.6 is 0 Å². The third kappa shape index (κ3) is 15.5. The summed E-state index contributed by atoms with van der Waals surface area (Å²) in [7, 11) is 0. The predicted octanol–water partition coefficient (Wildman–Crippen LogP) is 3.41. The molecule has 1 atom stereocenters. The molecule has 0 saturated heterocycles. The van der Waals surface area contributed by atoms with Gasteiger partial charge in [0, 0.05) is 0 Å². The average Bonchev–Trinajstić information content (AvgIpc) is 2.56. The molecular weight excluding hydrogens is 408 g/mol. The minimum Gasteiger partial charge on any atom is -0.535 e. The van der Waals surface area contributed by atoms with E-state index in [1.54, 1.807) is 0 Å². The van der Waals surface area contributed by atoms with Gasteiger partial charge < -0.3 is 21.6 Å². The first-order chi connectivity index (χ1) is 13.1. The fourth-order valence-electron chi connectivity index (χ4n) is 3.52. The van der Waals surface area contributed by atoms with Crippen molar-refractivity contribution in [3.05, 3.63) is 30.7 Å². The maximum Gasteiger partial charge on any atom is 1.00 e. The number of carboxylic acid groups (broad SMARTS) is 1. The van der Waals surface area contributed by atoms with Gasteiger partial charge in [0.05, 0.1) is 6.29 Å². The number of carbonyl (C=O) groups is 1. The summed E-state index contributed by atoms with van der Waals surface area (Å²) in [6.07, 6.45) is 12.2. The zero-order valence-electron chi connectivity index (χ0n) is 17.9. The van der Waals surface area contributed by atoms with Crippen molar-refractivity contribution in [3.63, 3.8) is 0 Å². The van der Waals surface area contributed by atoms with E-state index >= 15 is 0 Å². The summed E-state index contributed by atoms with van der Waals surface area (Å²) in [6.45, 7) is 8.67. The molecule has 3 nitrogen and oxygen atoms in total. The van der Waals surface area contributed by atoms with Crippen LogP contribution in [0.2, 0.25) is 0 Å². The van der Waals surface area contributed by atoms with Crippen molar-refractivity contribution in [1.82, 2.24) is 0 Å². The monoisotopic (exact) mass is 440 g/mol. The van der Waals surface area contributed by atoms with Gasteiger partial charge in [-0.25, -0.2) is 12.2 Å². The first kappa shape index (κ1) is 31.2. The Balaban J connectivity index is 0. The van der Waals surface area contributed by atoms with Crippen molar-refractivity contribution < 1.29 is 79.3 Å². The second-order valence-corrected chi connectivity index (χ2v) is 7.54. The molecule has 1 saturated carbocycles. The van der Waals surface area contributed by atoms with Crippen LogP contribution in [0.1, 0.15) is 78.1 Å². The van der Waals surface area contributed by atoms with Crippen LogP contribution in [-0.2, 0) is 9.59 Å². The molecule has 0 aromatic heterocycles. The molecule has 7 heteroatoms. The number of carboxylic acids is 1. The Labute approximate surface area is 216 Å². The molecule has 0 bridgehead atoms. The van der Waals surface area contributed by atoms with Crippen molar-refractivity contribution in [2.45, 2.75) is 84.2 Å². The molecule has 0 spiro atoms. The third-order valence-electron chi connectivity index (χ3n) is 5.13. The molecule has 0 radical (unpaired) electrons. The van der Waals surface area contributed by atoms with Crippen LogP contribution in [0, 0.1) is 24.3 Å². The molecule has 1 fully saturated rings. The summed E-state index contributed by atoms with van der Waals surface area (Å²) >= 11 is 0. The smallest absolute Gasteiger partial charge is 0.535 e. The van der Waals surface area contributed by atoms with Crippen molar-refractivity contribution in [1.29, 1.82) is 0 Å². The predicted molar refractivity (Wildman–Crippen MR) is 104 cm³/mol. The van der Waals surface area contributed by atoms with Crippen molar-refractivity contribution in [2.75, 3.05) is 0 Å². The average molecular weight is 441 g/mol. The molecule has 0 aliphatic heterocycles. The summed E-state index contributed by atoms with van der Waals surface area (Å²) < 4.78 is 34.2. The second-order valence-electron chi connectivity index (χ2n) is 7.54. The van der Waals surface area contributed by atoms with Crippen LogP contribution in [0.15, 0.2) is 17.7 Å². The quantitative estimate of drug-likeness (QED) is 0.134. The maximum absolute atomic E-state index is 11.4. The van der Waals surface area contributed by atoms with E-state index in [0.717, 1.165) is 30.1 Å². The van der Waals surface area contributed by atoms with Gasteiger partial charge in [-0.2, -0.15) is 25.7 Å². The maximum atomic E-state index is 11.4. The number of rotatable bonds is 11. The molecule has 0 aromatic rings. The zero-order chi connectivity index (χ0) is 21.6. The van der Waals surface area contributed by atoms with Gasteiger partial charge in [-0.1, -0.05) is 51.5 Å². The molecule has 1 N–H and O–H groups in total. The Morgan fingerprint density at radius 3 is 2.28 bits per heavy atom. The third-order valence-corrected chi connectivity index (χ3v) is 5.13. The molecule has 0 aromatic carbocycles. The first-order valence-corrected chi connectivity index (χ1v) is 9.87. The van der Waals surface area contributed by atoms with Gasteiger partial charge in [0.25, 0.3) is 0 Å². The summed E-state index contributed by atoms with van der Waals surface area (Å²) in [4.78, 5) is 19.8. The van der Waals surface area contributed by atoms with Gasteiger partial charge in [-0.3, -0.25) is 0 Å². The van der Waals surface area contributed by atoms with Gasteiger partial charge in [0.2, 0.25) is 5.97 Å². The second kappa shape index (κ2) is 16.7. The van der Waals surface area contributed by atoms with Crippen LogP contribution in [0.25, 0.3) is 0 Å². The number of halogens is 3. The van der Waals surface area contributed by atoms with Gasteiger partial charge in [-0.15, -0.1) is 0 Å². The topological polar surface area (TPSA) is 54.4 Å². The Bertz CT molecular complexity index is 524. The number of allylic oxidation sites excluding steroid dienone is 3. The number of carbonyl (C=O) groups excluding carboxylic acids is 1. The summed E-state index contributed by atoms with van der Waals surface area (Å²) in [5.41, 5.74) is -0.101. The SMILES string of the molecule is O=[C-]/C(=C\C=[C-]C(F)(F)F)C(=O)O.[CH2-]CCC(C)CCCC1(CCC)CCC1.[K+]. The van der Waals surface area contributed by atoms with Crippen LogP contribution in [0.4, 0.5) is 13.2 Å². The van der Waals surface area contributed by atoms with Crippen molar-refractivity contribution >= 4 is 12.3 Å². The Kier molecular flexibility index (Phi) is 18.0. The van der Waals surface area contributed by atoms with E-state index in [9.17, 15) is 22.8 Å². The van der Waals surface area contributed by atoms with E-state index in [0.29, 0.717) is 12.2 Å². The minimum atomic E-state index is -4.65. The summed E-state index contributed by atoms with van der Waals surface area (Å²) in [5.74, 6) is -0.739. The van der Waals surface area contributed by atoms with Crippen LogP contribution < -0.4 is 51.4 Å². The number of hydrogen-bond donors (Lipinski definition) is 1. The summed E-state index contributed by atoms with van der Waals surface area (Å²) in [6, 6.07) is 0. The van der Waals surface area contributed by atoms with Crippen LogP contribution in [-0.4, -0.2) is 23.5 Å². The molecule has 1 rings (SSSR count). The molecule has 1 aliphatic carbocycles. The molecule has 162 valence electrons. The standard InChI is InChI=1S/C15H29.C7H3F3O3.K/c1-4-8-14(3)9-6-11-15(10-5-2)12-7-13-15;8-7(9,10)3-1-2-5(4-11)6(12)13;/h14H,1,4-13H2,2-3H3;1-2H,(H,12,13);/q-1;-2;+1/b;5-2+;. The van der Waals surface area contributed by atoms with Crippen LogP contribution in [0.3, 0.4) is 0 Å². The fraction of sp³-hybridized carbons (Fsp3) is 0.682. The van der Waals surface area contributed by atoms with E-state index in [-0.39, 0.29) is 51.4 Å². The van der Waals surface area contributed by atoms with Gasteiger partial charge >= 0.3 is 57.6 Å². The first-order valence-electron chi connectivity index (χ1n) is 9.87. The molecule has 0 amide bonds. The Morgan fingerprint density at radius 2 is 1.90 bits per heavy atom. The van der Waals surface area contributed by atoms with Crippen molar-refractivity contribution in [2.24, 2.45) is 11.3 Å². The number of hydrogen-bond acceptors (Lipinski definition) is 2. The van der Waals surface area contributed by atoms with Gasteiger partial charge in [0.15, 0.2) is 0 Å². The van der Waals surface area contributed by atoms with E-state index in [4.69, 9.17) is 5.11 Å². The van der Waals surface area contributed by atoms with Crippen molar-refractivity contribution in [3.8, 4) is 0 Å². The summed E-state index contributed by atoms with van der Waals surface area (Å²) in [5, 5.41) is 8.14. The van der Waals surface area contributed by atoms with E-state index < -0.39 is 17.7 Å². The Hall–Kier alpha value is 0.0464. The van der Waals surface area contributed by atoms with E-state index in [1.165, 1.54) is 57.8 Å². The van der Waals surface area contributed by atoms with E-state index in [1.807, 2.05) is 0 Å². The number of aliphatic carboxylic acids is 1. The van der Waals surface area contributed by atoms with Gasteiger partial charge in [-0.05, 0) is 37.0 Å². The van der Waals surface area contributed by atoms with Gasteiger partial charge in [0.1, 0.15) is 0 Å². The van der Waals surface area contributed by atoms with Crippen LogP contribution in [0.5, 0.6) is 0 Å². The molecule has 29 heavy (non-hydrogen) atoms. The largest absolute Gasteiger partial charge is 1.00 e. The fourth-order valence-corrected chi connectivity index (χ4v) is 3.52. The molecular formula is C22H32F3KO3-2. The van der Waals surface area contributed by atoms with E-state index in [2.05, 4.69) is 20.8 Å².